The highest BCUT2D eigenvalue weighted by Crippen LogP contribution is 2.16. The average molecular weight is 407 g/mol. The summed E-state index contributed by atoms with van der Waals surface area (Å²) in [6.07, 6.45) is 0. The zero-order chi connectivity index (χ0) is 20.7. The van der Waals surface area contributed by atoms with Gasteiger partial charge in [-0.2, -0.15) is 0 Å². The summed E-state index contributed by atoms with van der Waals surface area (Å²) in [6, 6.07) is 12.4. The summed E-state index contributed by atoms with van der Waals surface area (Å²) in [4.78, 5) is 4.20. The van der Waals surface area contributed by atoms with E-state index >= 15 is 0 Å². The fourth-order valence-corrected chi connectivity index (χ4v) is 3.43. The summed E-state index contributed by atoms with van der Waals surface area (Å²) in [6.45, 7) is 4.13. The van der Waals surface area contributed by atoms with Crippen LogP contribution < -0.4 is 15.4 Å². The zero-order valence-corrected chi connectivity index (χ0v) is 17.4. The van der Waals surface area contributed by atoms with Crippen molar-refractivity contribution in [2.45, 2.75) is 32.2 Å². The molecule has 0 aromatic heterocycles. The molecule has 0 spiro atoms. The largest absolute Gasteiger partial charge is 0.352 e. The molecule has 0 radical (unpaired) electrons. The standard InChI is InChI=1S/C20H27FN4O2S/c1-14-8-9-18(11-19(14)21)15(2)25-20(22-3)24-12-16-6-5-7-17(10-16)13-28(26,27)23-4/h5-11,15,23H,12-13H2,1-4H3,(H2,22,24,25). The summed E-state index contributed by atoms with van der Waals surface area (Å²) in [5.74, 6) is 0.268. The van der Waals surface area contributed by atoms with Gasteiger partial charge in [0.15, 0.2) is 5.96 Å². The number of halogens is 1. The van der Waals surface area contributed by atoms with E-state index in [9.17, 15) is 12.8 Å². The van der Waals surface area contributed by atoms with Gasteiger partial charge in [0, 0.05) is 13.6 Å². The molecule has 8 heteroatoms. The molecule has 152 valence electrons. The number of aryl methyl sites for hydroxylation is 1. The number of nitrogens with zero attached hydrogens (tertiary/aromatic N) is 1. The summed E-state index contributed by atoms with van der Waals surface area (Å²) >= 11 is 0. The van der Waals surface area contributed by atoms with Crippen molar-refractivity contribution in [3.8, 4) is 0 Å². The van der Waals surface area contributed by atoms with Gasteiger partial charge in [-0.25, -0.2) is 17.5 Å². The molecule has 1 atom stereocenters. The molecule has 0 saturated heterocycles. The van der Waals surface area contributed by atoms with Gasteiger partial charge in [-0.1, -0.05) is 36.4 Å². The first-order valence-corrected chi connectivity index (χ1v) is 10.6. The van der Waals surface area contributed by atoms with Crippen molar-refractivity contribution in [1.29, 1.82) is 0 Å². The van der Waals surface area contributed by atoms with E-state index in [1.54, 1.807) is 26.1 Å². The number of guanidine groups is 1. The van der Waals surface area contributed by atoms with E-state index in [0.717, 1.165) is 11.1 Å². The highest BCUT2D eigenvalue weighted by atomic mass is 32.2. The van der Waals surface area contributed by atoms with Crippen LogP contribution in [0.5, 0.6) is 0 Å². The molecule has 0 saturated carbocycles. The first kappa shape index (κ1) is 21.8. The van der Waals surface area contributed by atoms with Crippen molar-refractivity contribution in [3.63, 3.8) is 0 Å². The number of nitrogens with one attached hydrogen (secondary N) is 3. The van der Waals surface area contributed by atoms with Crippen LogP contribution in [0.2, 0.25) is 0 Å². The van der Waals surface area contributed by atoms with Crippen LogP contribution in [0.3, 0.4) is 0 Å². The minimum Gasteiger partial charge on any atom is -0.352 e. The molecule has 28 heavy (non-hydrogen) atoms. The lowest BCUT2D eigenvalue weighted by atomic mass is 10.1. The number of rotatable bonds is 7. The minimum atomic E-state index is -3.32. The Hall–Kier alpha value is -2.45. The van der Waals surface area contributed by atoms with Crippen LogP contribution in [0.25, 0.3) is 0 Å². The third kappa shape index (κ3) is 6.31. The summed E-state index contributed by atoms with van der Waals surface area (Å²) in [7, 11) is -0.255. The highest BCUT2D eigenvalue weighted by Gasteiger charge is 2.11. The fraction of sp³-hybridized carbons (Fsp3) is 0.350. The van der Waals surface area contributed by atoms with Crippen LogP contribution >= 0.6 is 0 Å². The van der Waals surface area contributed by atoms with Gasteiger partial charge in [0.2, 0.25) is 10.0 Å². The highest BCUT2D eigenvalue weighted by molar-refractivity contribution is 7.88. The van der Waals surface area contributed by atoms with E-state index in [-0.39, 0.29) is 17.6 Å². The van der Waals surface area contributed by atoms with Crippen LogP contribution in [0.15, 0.2) is 47.5 Å². The van der Waals surface area contributed by atoms with E-state index in [1.165, 1.54) is 13.1 Å². The molecule has 3 N–H and O–H groups in total. The molecule has 6 nitrogen and oxygen atoms in total. The maximum Gasteiger partial charge on any atom is 0.215 e. The minimum absolute atomic E-state index is 0.0691. The van der Waals surface area contributed by atoms with Crippen molar-refractivity contribution < 1.29 is 12.8 Å². The Kier molecular flexibility index (Phi) is 7.53. The van der Waals surface area contributed by atoms with Crippen molar-refractivity contribution in [1.82, 2.24) is 15.4 Å². The number of sulfonamides is 1. The van der Waals surface area contributed by atoms with Crippen LogP contribution in [0.4, 0.5) is 4.39 Å². The van der Waals surface area contributed by atoms with Gasteiger partial charge in [-0.05, 0) is 49.2 Å². The Labute approximate surface area is 166 Å². The fourth-order valence-electron chi connectivity index (χ4n) is 2.67. The maximum absolute atomic E-state index is 13.8. The normalized spacial score (nSPS) is 13.2. The van der Waals surface area contributed by atoms with Gasteiger partial charge in [0.25, 0.3) is 0 Å². The Morgan fingerprint density at radius 1 is 1.18 bits per heavy atom. The van der Waals surface area contributed by atoms with Crippen molar-refractivity contribution in [2.75, 3.05) is 14.1 Å². The van der Waals surface area contributed by atoms with Gasteiger partial charge in [0.05, 0.1) is 11.8 Å². The molecule has 0 fully saturated rings. The lowest BCUT2D eigenvalue weighted by Crippen LogP contribution is -2.38. The van der Waals surface area contributed by atoms with Gasteiger partial charge < -0.3 is 10.6 Å². The van der Waals surface area contributed by atoms with Crippen LogP contribution in [-0.2, 0) is 22.3 Å². The topological polar surface area (TPSA) is 82.6 Å². The first-order valence-electron chi connectivity index (χ1n) is 8.96. The molecule has 2 aromatic rings. The van der Waals surface area contributed by atoms with E-state index in [4.69, 9.17) is 0 Å². The van der Waals surface area contributed by atoms with Crippen molar-refractivity contribution in [2.24, 2.45) is 4.99 Å². The molecule has 0 amide bonds. The molecule has 0 heterocycles. The first-order chi connectivity index (χ1) is 13.2. The smallest absolute Gasteiger partial charge is 0.215 e. The van der Waals surface area contributed by atoms with Gasteiger partial charge in [0.1, 0.15) is 5.82 Å². The summed E-state index contributed by atoms with van der Waals surface area (Å²) < 4.78 is 39.5. The lowest BCUT2D eigenvalue weighted by molar-refractivity contribution is 0.587. The number of benzene rings is 2. The maximum atomic E-state index is 13.8. The molecule has 0 aliphatic heterocycles. The van der Waals surface area contributed by atoms with E-state index in [0.29, 0.717) is 23.6 Å². The zero-order valence-electron chi connectivity index (χ0n) is 16.6. The van der Waals surface area contributed by atoms with E-state index < -0.39 is 10.0 Å². The third-order valence-corrected chi connectivity index (χ3v) is 5.73. The second kappa shape index (κ2) is 9.66. The second-order valence-corrected chi connectivity index (χ2v) is 8.51. The lowest BCUT2D eigenvalue weighted by Gasteiger charge is -2.19. The molecular weight excluding hydrogens is 379 g/mol. The monoisotopic (exact) mass is 406 g/mol. The van der Waals surface area contributed by atoms with Crippen molar-refractivity contribution in [3.05, 3.63) is 70.5 Å². The quantitative estimate of drug-likeness (QED) is 0.488. The molecule has 2 aromatic carbocycles. The predicted octanol–water partition coefficient (Wildman–Crippen LogP) is 2.61. The number of hydrogen-bond acceptors (Lipinski definition) is 3. The van der Waals surface area contributed by atoms with E-state index in [2.05, 4.69) is 20.3 Å². The molecule has 1 unspecified atom stereocenters. The van der Waals surface area contributed by atoms with Crippen molar-refractivity contribution >= 4 is 16.0 Å². The Morgan fingerprint density at radius 2 is 1.89 bits per heavy atom. The van der Waals surface area contributed by atoms with Gasteiger partial charge >= 0.3 is 0 Å². The SMILES string of the molecule is CN=C(NCc1cccc(CS(=O)(=O)NC)c1)NC(C)c1ccc(C)c(F)c1. The molecule has 2 rings (SSSR count). The van der Waals surface area contributed by atoms with Gasteiger partial charge in [-0.15, -0.1) is 0 Å². The second-order valence-electron chi connectivity index (χ2n) is 6.58. The summed E-state index contributed by atoms with van der Waals surface area (Å²) in [5.41, 5.74) is 3.07. The third-order valence-electron chi connectivity index (χ3n) is 4.39. The van der Waals surface area contributed by atoms with Crippen LogP contribution in [-0.4, -0.2) is 28.5 Å². The number of hydrogen-bond donors (Lipinski definition) is 3. The van der Waals surface area contributed by atoms with E-state index in [1.807, 2.05) is 31.2 Å². The Balaban J connectivity index is 1.99. The molecular formula is C20H27FN4O2S. The van der Waals surface area contributed by atoms with Crippen LogP contribution in [0.1, 0.15) is 35.2 Å². The molecule has 0 aliphatic carbocycles. The van der Waals surface area contributed by atoms with Gasteiger partial charge in [-0.3, -0.25) is 4.99 Å². The Morgan fingerprint density at radius 3 is 2.54 bits per heavy atom. The number of aliphatic imine (C=N–C) groups is 1. The molecule has 0 bridgehead atoms. The predicted molar refractivity (Wildman–Crippen MR) is 111 cm³/mol. The molecule has 0 aliphatic rings. The summed E-state index contributed by atoms with van der Waals surface area (Å²) in [5, 5.41) is 6.42. The van der Waals surface area contributed by atoms with Crippen LogP contribution in [0, 0.1) is 12.7 Å². The average Bonchev–Trinajstić information content (AvgIpc) is 2.67. The Bertz CT molecular complexity index is 945.